The number of aromatic nitrogens is 3. The Kier molecular flexibility index (Phi) is 6.07. The summed E-state index contributed by atoms with van der Waals surface area (Å²) in [5.41, 5.74) is 2.61. The molecular weight excluding hydrogens is 353 g/mol. The summed E-state index contributed by atoms with van der Waals surface area (Å²) in [6, 6.07) is 13.9. The van der Waals surface area contributed by atoms with Crippen molar-refractivity contribution in [1.29, 1.82) is 5.26 Å². The third-order valence-corrected chi connectivity index (χ3v) is 4.26. The van der Waals surface area contributed by atoms with Crippen LogP contribution in [0.15, 0.2) is 65.8 Å². The van der Waals surface area contributed by atoms with E-state index in [-0.39, 0.29) is 18.4 Å². The topological polar surface area (TPSA) is 66.9 Å². The number of aliphatic imine (C=N–C) groups is 1. The van der Waals surface area contributed by atoms with Crippen LogP contribution < -0.4 is 0 Å². The molecule has 1 atom stereocenters. The second-order valence-electron chi connectivity index (χ2n) is 6.18. The molecule has 140 valence electrons. The molecule has 2 heterocycles. The third-order valence-electron chi connectivity index (χ3n) is 4.26. The monoisotopic (exact) mass is 373 g/mol. The van der Waals surface area contributed by atoms with Crippen molar-refractivity contribution >= 4 is 6.21 Å². The van der Waals surface area contributed by atoms with Crippen molar-refractivity contribution in [1.82, 2.24) is 14.8 Å². The molecule has 0 radical (unpaired) electrons. The van der Waals surface area contributed by atoms with Gasteiger partial charge in [-0.05, 0) is 38.1 Å². The van der Waals surface area contributed by atoms with Crippen molar-refractivity contribution in [2.45, 2.75) is 26.4 Å². The van der Waals surface area contributed by atoms with E-state index in [2.05, 4.69) is 21.1 Å². The second-order valence-corrected chi connectivity index (χ2v) is 6.18. The Balaban J connectivity index is 2.14. The quantitative estimate of drug-likeness (QED) is 0.588. The number of benzene rings is 1. The Bertz CT molecular complexity index is 1040. The number of nitriles is 1. The first-order valence-corrected chi connectivity index (χ1v) is 8.95. The molecule has 0 aliphatic rings. The summed E-state index contributed by atoms with van der Waals surface area (Å²) in [7, 11) is 0. The fourth-order valence-corrected chi connectivity index (χ4v) is 2.88. The zero-order valence-electron chi connectivity index (χ0n) is 15.7. The summed E-state index contributed by atoms with van der Waals surface area (Å²) < 4.78 is 15.8. The summed E-state index contributed by atoms with van der Waals surface area (Å²) >= 11 is 0. The van der Waals surface area contributed by atoms with E-state index in [4.69, 9.17) is 0 Å². The van der Waals surface area contributed by atoms with Crippen molar-refractivity contribution in [2.75, 3.05) is 0 Å². The molecule has 0 saturated heterocycles. The molecule has 2 aromatic heterocycles. The molecule has 0 saturated carbocycles. The van der Waals surface area contributed by atoms with Crippen LogP contribution in [0.25, 0.3) is 11.4 Å². The van der Waals surface area contributed by atoms with Crippen LogP contribution in [0.2, 0.25) is 0 Å². The lowest BCUT2D eigenvalue weighted by molar-refractivity contribution is 0.581. The van der Waals surface area contributed by atoms with Gasteiger partial charge >= 0.3 is 0 Å². The molecule has 0 fully saturated rings. The molecular formula is C22H20FN5. The van der Waals surface area contributed by atoms with Crippen LogP contribution in [-0.4, -0.2) is 21.0 Å². The normalized spacial score (nSPS) is 12.5. The fraction of sp³-hybridized carbons (Fsp3) is 0.182. The Morgan fingerprint density at radius 3 is 2.71 bits per heavy atom. The van der Waals surface area contributed by atoms with Gasteiger partial charge in [0.05, 0.1) is 18.3 Å². The van der Waals surface area contributed by atoms with Gasteiger partial charge in [-0.3, -0.25) is 14.7 Å². The van der Waals surface area contributed by atoms with Gasteiger partial charge in [0.2, 0.25) is 0 Å². The molecule has 0 aliphatic carbocycles. The lowest BCUT2D eigenvalue weighted by Crippen LogP contribution is -2.07. The van der Waals surface area contributed by atoms with Gasteiger partial charge in [-0.15, -0.1) is 0 Å². The molecule has 0 bridgehead atoms. The summed E-state index contributed by atoms with van der Waals surface area (Å²) in [4.78, 5) is 8.81. The molecule has 0 spiro atoms. The van der Waals surface area contributed by atoms with E-state index in [0.717, 1.165) is 0 Å². The highest BCUT2D eigenvalue weighted by Crippen LogP contribution is 2.30. The Hall–Kier alpha value is -3.59. The van der Waals surface area contributed by atoms with Gasteiger partial charge < -0.3 is 0 Å². The fourth-order valence-electron chi connectivity index (χ4n) is 2.88. The van der Waals surface area contributed by atoms with Gasteiger partial charge in [0.15, 0.2) is 0 Å². The van der Waals surface area contributed by atoms with Gasteiger partial charge in [0, 0.05) is 18.0 Å². The highest BCUT2D eigenvalue weighted by molar-refractivity contribution is 5.71. The minimum Gasteiger partial charge on any atom is -0.284 e. The number of rotatable bonds is 6. The number of hydrogen-bond donors (Lipinski definition) is 0. The smallest absolute Gasteiger partial charge is 0.128 e. The lowest BCUT2D eigenvalue weighted by Gasteiger charge is -2.08. The van der Waals surface area contributed by atoms with Gasteiger partial charge in [0.25, 0.3) is 0 Å². The molecule has 1 unspecified atom stereocenters. The molecule has 28 heavy (non-hydrogen) atoms. The van der Waals surface area contributed by atoms with Gasteiger partial charge in [0.1, 0.15) is 28.8 Å². The molecule has 3 rings (SSSR count). The van der Waals surface area contributed by atoms with Gasteiger partial charge in [-0.25, -0.2) is 4.39 Å². The van der Waals surface area contributed by atoms with E-state index < -0.39 is 0 Å². The SMILES string of the molecule is C/C=C\C=NC(C)c1nn(Cc2ccccc2F)c(-c2ccccn2)c1C#N. The van der Waals surface area contributed by atoms with Crippen molar-refractivity contribution in [3.05, 3.63) is 83.5 Å². The van der Waals surface area contributed by atoms with E-state index in [9.17, 15) is 9.65 Å². The van der Waals surface area contributed by atoms with Crippen molar-refractivity contribution in [3.8, 4) is 17.5 Å². The van der Waals surface area contributed by atoms with Crippen LogP contribution in [0, 0.1) is 17.1 Å². The lowest BCUT2D eigenvalue weighted by atomic mass is 10.1. The Morgan fingerprint density at radius 1 is 1.25 bits per heavy atom. The third kappa shape index (κ3) is 4.04. The standard InChI is InChI=1S/C22H20FN5/c1-3-4-12-25-16(2)21-18(14-24)22(20-11-7-8-13-26-20)28(27-21)15-17-9-5-6-10-19(17)23/h3-13,16H,15H2,1-2H3/b4-3-,25-12?. The maximum atomic E-state index is 14.2. The molecule has 0 aliphatic heterocycles. The van der Waals surface area contributed by atoms with Gasteiger partial charge in [-0.2, -0.15) is 10.4 Å². The first kappa shape index (κ1) is 19.2. The minimum absolute atomic E-state index is 0.193. The largest absolute Gasteiger partial charge is 0.284 e. The molecule has 0 amide bonds. The van der Waals surface area contributed by atoms with Crippen LogP contribution in [0.1, 0.15) is 36.7 Å². The summed E-state index contributed by atoms with van der Waals surface area (Å²) in [6.07, 6.45) is 7.03. The van der Waals surface area contributed by atoms with Crippen molar-refractivity contribution in [2.24, 2.45) is 4.99 Å². The molecule has 0 N–H and O–H groups in total. The number of allylic oxidation sites excluding steroid dienone is 2. The zero-order valence-corrected chi connectivity index (χ0v) is 15.7. The molecule has 1 aromatic carbocycles. The van der Waals surface area contributed by atoms with E-state index in [1.54, 1.807) is 41.4 Å². The molecule has 3 aromatic rings. The maximum Gasteiger partial charge on any atom is 0.128 e. The Labute approximate surface area is 163 Å². The van der Waals surface area contributed by atoms with Crippen molar-refractivity contribution < 1.29 is 4.39 Å². The number of halogens is 1. The average Bonchev–Trinajstić information content (AvgIpc) is 3.09. The van der Waals surface area contributed by atoms with Crippen LogP contribution in [-0.2, 0) is 6.54 Å². The molecule has 6 heteroatoms. The van der Waals surface area contributed by atoms with Crippen LogP contribution in [0.3, 0.4) is 0 Å². The summed E-state index contributed by atoms with van der Waals surface area (Å²) in [6.45, 7) is 3.97. The predicted molar refractivity (Wildman–Crippen MR) is 107 cm³/mol. The number of pyridine rings is 1. The number of hydrogen-bond acceptors (Lipinski definition) is 4. The summed E-state index contributed by atoms with van der Waals surface area (Å²) in [5, 5.41) is 14.5. The van der Waals surface area contributed by atoms with Crippen molar-refractivity contribution in [3.63, 3.8) is 0 Å². The first-order valence-electron chi connectivity index (χ1n) is 8.95. The highest BCUT2D eigenvalue weighted by atomic mass is 19.1. The van der Waals surface area contributed by atoms with E-state index in [0.29, 0.717) is 28.2 Å². The first-order chi connectivity index (χ1) is 13.7. The van der Waals surface area contributed by atoms with E-state index >= 15 is 0 Å². The van der Waals surface area contributed by atoms with Crippen LogP contribution in [0.5, 0.6) is 0 Å². The number of nitrogens with zero attached hydrogens (tertiary/aromatic N) is 5. The van der Waals surface area contributed by atoms with Gasteiger partial charge in [-0.1, -0.05) is 30.3 Å². The summed E-state index contributed by atoms with van der Waals surface area (Å²) in [5.74, 6) is -0.316. The average molecular weight is 373 g/mol. The molecule has 5 nitrogen and oxygen atoms in total. The van der Waals surface area contributed by atoms with E-state index in [1.807, 2.05) is 38.1 Å². The van der Waals surface area contributed by atoms with Crippen LogP contribution in [0.4, 0.5) is 4.39 Å². The minimum atomic E-state index is -0.324. The van der Waals surface area contributed by atoms with E-state index in [1.165, 1.54) is 6.07 Å². The zero-order chi connectivity index (χ0) is 19.9. The predicted octanol–water partition coefficient (Wildman–Crippen LogP) is 4.71. The highest BCUT2D eigenvalue weighted by Gasteiger charge is 2.24. The van der Waals surface area contributed by atoms with Crippen LogP contribution >= 0.6 is 0 Å². The maximum absolute atomic E-state index is 14.2. The Morgan fingerprint density at radius 2 is 2.04 bits per heavy atom. The second kappa shape index (κ2) is 8.87.